The second-order valence-electron chi connectivity index (χ2n) is 5.48. The van der Waals surface area contributed by atoms with Gasteiger partial charge in [-0.2, -0.15) is 0 Å². The lowest BCUT2D eigenvalue weighted by Gasteiger charge is -2.34. The summed E-state index contributed by atoms with van der Waals surface area (Å²) in [6, 6.07) is -1.81. The monoisotopic (exact) mass is 308 g/mol. The molecule has 7 N–H and O–H groups in total. The summed E-state index contributed by atoms with van der Waals surface area (Å²) in [5.41, 5.74) is 0. The molecule has 0 spiro atoms. The van der Waals surface area contributed by atoms with Crippen molar-refractivity contribution >= 4 is 5.91 Å². The van der Waals surface area contributed by atoms with E-state index < -0.39 is 48.5 Å². The van der Waals surface area contributed by atoms with Crippen molar-refractivity contribution in [2.24, 2.45) is 0 Å². The van der Waals surface area contributed by atoms with E-state index in [1.54, 1.807) is 13.8 Å². The van der Waals surface area contributed by atoms with E-state index in [-0.39, 0.29) is 6.54 Å². The molecule has 8 heteroatoms. The van der Waals surface area contributed by atoms with Gasteiger partial charge in [0.2, 0.25) is 5.91 Å². The molecule has 126 valence electrons. The average Bonchev–Trinajstić information content (AvgIpc) is 2.39. The summed E-state index contributed by atoms with van der Waals surface area (Å²) in [6.45, 7) is 5.90. The van der Waals surface area contributed by atoms with E-state index in [4.69, 9.17) is 0 Å². The topological polar surface area (TPSA) is 142 Å². The zero-order valence-corrected chi connectivity index (χ0v) is 12.9. The molecule has 1 amide bonds. The molecule has 0 saturated carbocycles. The SMILES string of the molecule is CC(=O)NC(C(O)C(C)O)C(O)C(O)C(C)NCC(C)O. The van der Waals surface area contributed by atoms with Crippen molar-refractivity contribution in [3.63, 3.8) is 0 Å². The van der Waals surface area contributed by atoms with Crippen LogP contribution < -0.4 is 10.6 Å². The van der Waals surface area contributed by atoms with E-state index in [1.807, 2.05) is 0 Å². The third-order valence-corrected chi connectivity index (χ3v) is 3.20. The second-order valence-corrected chi connectivity index (χ2v) is 5.48. The standard InChI is InChI=1S/C13H28N2O6/c1-6(16)5-14-7(2)11(19)13(21)10(15-9(4)18)12(20)8(3)17/h6-8,10-14,16-17,19-21H,5H2,1-4H3,(H,15,18). The first-order valence-electron chi connectivity index (χ1n) is 6.98. The smallest absolute Gasteiger partial charge is 0.217 e. The fraction of sp³-hybridized carbons (Fsp3) is 0.923. The molecule has 21 heavy (non-hydrogen) atoms. The van der Waals surface area contributed by atoms with Gasteiger partial charge in [-0.3, -0.25) is 4.79 Å². The molecule has 0 aliphatic rings. The Kier molecular flexibility index (Phi) is 8.95. The molecule has 0 heterocycles. The van der Waals surface area contributed by atoms with Gasteiger partial charge in [-0.25, -0.2) is 0 Å². The molecule has 7 unspecified atom stereocenters. The lowest BCUT2D eigenvalue weighted by molar-refractivity contribution is -0.126. The number of hydrogen-bond donors (Lipinski definition) is 7. The maximum Gasteiger partial charge on any atom is 0.217 e. The molecule has 0 aromatic rings. The Balaban J connectivity index is 4.83. The first kappa shape index (κ1) is 20.2. The number of carbonyl (C=O) groups is 1. The van der Waals surface area contributed by atoms with Gasteiger partial charge in [0.05, 0.1) is 24.4 Å². The summed E-state index contributed by atoms with van der Waals surface area (Å²) >= 11 is 0. The predicted molar refractivity (Wildman–Crippen MR) is 76.5 cm³/mol. The van der Waals surface area contributed by atoms with Crippen LogP contribution in [0.5, 0.6) is 0 Å². The minimum atomic E-state index is -1.49. The van der Waals surface area contributed by atoms with E-state index in [1.165, 1.54) is 13.8 Å². The van der Waals surface area contributed by atoms with E-state index >= 15 is 0 Å². The summed E-state index contributed by atoms with van der Waals surface area (Å²) in [5, 5.41) is 53.8. The number of aliphatic hydroxyl groups is 5. The van der Waals surface area contributed by atoms with Crippen molar-refractivity contribution in [1.29, 1.82) is 0 Å². The summed E-state index contributed by atoms with van der Waals surface area (Å²) in [5.74, 6) is -0.504. The van der Waals surface area contributed by atoms with Crippen LogP contribution in [0.25, 0.3) is 0 Å². The third kappa shape index (κ3) is 7.16. The number of rotatable bonds is 9. The molecule has 0 radical (unpaired) electrons. The Morgan fingerprint density at radius 3 is 1.86 bits per heavy atom. The Morgan fingerprint density at radius 2 is 1.48 bits per heavy atom. The minimum Gasteiger partial charge on any atom is -0.392 e. The van der Waals surface area contributed by atoms with E-state index in [9.17, 15) is 30.3 Å². The first-order valence-corrected chi connectivity index (χ1v) is 6.98. The van der Waals surface area contributed by atoms with Crippen molar-refractivity contribution in [2.45, 2.75) is 70.3 Å². The Hall–Kier alpha value is -0.770. The van der Waals surface area contributed by atoms with Crippen LogP contribution >= 0.6 is 0 Å². The van der Waals surface area contributed by atoms with Gasteiger partial charge in [0.1, 0.15) is 12.2 Å². The van der Waals surface area contributed by atoms with Crippen molar-refractivity contribution in [1.82, 2.24) is 10.6 Å². The van der Waals surface area contributed by atoms with Crippen LogP contribution in [0.3, 0.4) is 0 Å². The van der Waals surface area contributed by atoms with Crippen LogP contribution in [0.4, 0.5) is 0 Å². The van der Waals surface area contributed by atoms with Crippen LogP contribution in [-0.2, 0) is 4.79 Å². The third-order valence-electron chi connectivity index (χ3n) is 3.20. The maximum absolute atomic E-state index is 11.1. The average molecular weight is 308 g/mol. The molecule has 0 aliphatic carbocycles. The van der Waals surface area contributed by atoms with Crippen molar-refractivity contribution < 1.29 is 30.3 Å². The fourth-order valence-electron chi connectivity index (χ4n) is 1.89. The normalized spacial score (nSPS) is 21.8. The molecule has 8 nitrogen and oxygen atoms in total. The Bertz CT molecular complexity index is 313. The zero-order chi connectivity index (χ0) is 16.7. The van der Waals surface area contributed by atoms with Gasteiger partial charge in [-0.05, 0) is 20.8 Å². The highest BCUT2D eigenvalue weighted by molar-refractivity contribution is 5.73. The quantitative estimate of drug-likeness (QED) is 0.246. The highest BCUT2D eigenvalue weighted by Gasteiger charge is 2.36. The van der Waals surface area contributed by atoms with Crippen LogP contribution in [0.1, 0.15) is 27.7 Å². The number of carbonyl (C=O) groups excluding carboxylic acids is 1. The van der Waals surface area contributed by atoms with Gasteiger partial charge in [0.25, 0.3) is 0 Å². The lowest BCUT2D eigenvalue weighted by atomic mass is 9.93. The van der Waals surface area contributed by atoms with Gasteiger partial charge < -0.3 is 36.2 Å². The number of aliphatic hydroxyl groups excluding tert-OH is 5. The number of nitrogens with one attached hydrogen (secondary N) is 2. The van der Waals surface area contributed by atoms with Crippen molar-refractivity contribution in [3.8, 4) is 0 Å². The molecule has 7 atom stereocenters. The Morgan fingerprint density at radius 1 is 0.952 bits per heavy atom. The van der Waals surface area contributed by atoms with Crippen LogP contribution in [-0.4, -0.2) is 80.6 Å². The molecule has 0 aromatic heterocycles. The molecule has 0 fully saturated rings. The van der Waals surface area contributed by atoms with Crippen LogP contribution in [0, 0.1) is 0 Å². The summed E-state index contributed by atoms with van der Waals surface area (Å²) in [4.78, 5) is 11.1. The molecule has 0 aliphatic heterocycles. The molecule has 0 rings (SSSR count). The van der Waals surface area contributed by atoms with Gasteiger partial charge in [0, 0.05) is 19.5 Å². The molecule has 0 aromatic carbocycles. The van der Waals surface area contributed by atoms with Gasteiger partial charge in [-0.1, -0.05) is 0 Å². The molecular weight excluding hydrogens is 280 g/mol. The van der Waals surface area contributed by atoms with Crippen molar-refractivity contribution in [3.05, 3.63) is 0 Å². The van der Waals surface area contributed by atoms with Gasteiger partial charge in [0.15, 0.2) is 0 Å². The summed E-state index contributed by atoms with van der Waals surface area (Å²) in [6.07, 6.45) is -6.04. The zero-order valence-electron chi connectivity index (χ0n) is 12.9. The highest BCUT2D eigenvalue weighted by atomic mass is 16.3. The number of hydrogen-bond acceptors (Lipinski definition) is 7. The highest BCUT2D eigenvalue weighted by Crippen LogP contribution is 2.11. The molecular formula is C13H28N2O6. The first-order chi connectivity index (χ1) is 9.57. The molecule has 0 bridgehead atoms. The lowest BCUT2D eigenvalue weighted by Crippen LogP contribution is -2.60. The summed E-state index contributed by atoms with van der Waals surface area (Å²) < 4.78 is 0. The van der Waals surface area contributed by atoms with Gasteiger partial charge >= 0.3 is 0 Å². The van der Waals surface area contributed by atoms with E-state index in [2.05, 4.69) is 10.6 Å². The van der Waals surface area contributed by atoms with Crippen molar-refractivity contribution in [2.75, 3.05) is 6.54 Å². The second kappa shape index (κ2) is 9.29. The van der Waals surface area contributed by atoms with E-state index in [0.717, 1.165) is 0 Å². The molecule has 0 saturated heterocycles. The van der Waals surface area contributed by atoms with E-state index in [0.29, 0.717) is 0 Å². The summed E-state index contributed by atoms with van der Waals surface area (Å²) in [7, 11) is 0. The number of amides is 1. The largest absolute Gasteiger partial charge is 0.392 e. The minimum absolute atomic E-state index is 0.217. The Labute approximate surface area is 124 Å². The van der Waals surface area contributed by atoms with Crippen LogP contribution in [0.15, 0.2) is 0 Å². The predicted octanol–water partition coefficient (Wildman–Crippen LogP) is -2.69. The van der Waals surface area contributed by atoms with Crippen LogP contribution in [0.2, 0.25) is 0 Å². The maximum atomic E-state index is 11.1. The fourth-order valence-corrected chi connectivity index (χ4v) is 1.89. The van der Waals surface area contributed by atoms with Gasteiger partial charge in [-0.15, -0.1) is 0 Å².